The molecule has 0 bridgehead atoms. The van der Waals surface area contributed by atoms with Crippen LogP contribution in [0.15, 0.2) is 39.7 Å². The Kier molecular flexibility index (Phi) is 6.10. The fourth-order valence-electron chi connectivity index (χ4n) is 3.43. The third-order valence-electron chi connectivity index (χ3n) is 5.12. The first-order valence-corrected chi connectivity index (χ1v) is 10.6. The molecule has 0 spiro atoms. The van der Waals surface area contributed by atoms with Gasteiger partial charge in [-0.05, 0) is 42.4 Å². The van der Waals surface area contributed by atoms with Crippen molar-refractivity contribution in [3.8, 4) is 11.3 Å². The molecule has 1 aromatic carbocycles. The number of nitro groups is 1. The maximum Gasteiger partial charge on any atom is 0.294 e. The topological polar surface area (TPSA) is 123 Å². The minimum atomic E-state index is -0.550. The van der Waals surface area contributed by atoms with E-state index in [1.807, 2.05) is 0 Å². The van der Waals surface area contributed by atoms with Crippen LogP contribution in [0.25, 0.3) is 17.4 Å². The number of nitro benzene ring substituents is 1. The molecule has 2 aromatic rings. The Bertz CT molecular complexity index is 1130. The lowest BCUT2D eigenvalue weighted by Crippen LogP contribution is -2.46. The van der Waals surface area contributed by atoms with E-state index in [9.17, 15) is 24.5 Å². The summed E-state index contributed by atoms with van der Waals surface area (Å²) >= 11 is 0.747. The first-order valence-electron chi connectivity index (χ1n) is 9.79. The molecule has 0 saturated carbocycles. The number of hydrogen-bond acceptors (Lipinski definition) is 8. The Labute approximate surface area is 186 Å². The molecule has 3 amide bonds. The summed E-state index contributed by atoms with van der Waals surface area (Å²) in [4.78, 5) is 50.5. The predicted octanol–water partition coefficient (Wildman–Crippen LogP) is 3.06. The second-order valence-corrected chi connectivity index (χ2v) is 8.21. The maximum atomic E-state index is 12.7. The smallest absolute Gasteiger partial charge is 0.294 e. The van der Waals surface area contributed by atoms with Crippen molar-refractivity contribution < 1.29 is 28.5 Å². The number of benzene rings is 1. The number of non-ortho nitro benzene ring substituents is 1. The van der Waals surface area contributed by atoms with Gasteiger partial charge < -0.3 is 14.1 Å². The van der Waals surface area contributed by atoms with Crippen molar-refractivity contribution >= 4 is 40.6 Å². The Morgan fingerprint density at radius 1 is 1.22 bits per heavy atom. The number of amides is 3. The molecule has 2 saturated heterocycles. The zero-order valence-corrected chi connectivity index (χ0v) is 17.9. The molecule has 2 aliphatic rings. The molecule has 2 aliphatic heterocycles. The average Bonchev–Trinajstić information content (AvgIpc) is 3.34. The molecule has 3 heterocycles. The largest absolute Gasteiger partial charge is 0.457 e. The lowest BCUT2D eigenvalue weighted by atomic mass is 10.1. The summed E-state index contributed by atoms with van der Waals surface area (Å²) in [6.07, 6.45) is 1.45. The van der Waals surface area contributed by atoms with Crippen LogP contribution in [0.1, 0.15) is 11.3 Å². The fraction of sp³-hybridized carbons (Fsp3) is 0.286. The van der Waals surface area contributed by atoms with E-state index in [0.29, 0.717) is 49.0 Å². The Morgan fingerprint density at radius 2 is 1.97 bits per heavy atom. The first kappa shape index (κ1) is 21.8. The molecule has 2 fully saturated rings. The van der Waals surface area contributed by atoms with Crippen molar-refractivity contribution in [3.05, 3.63) is 56.7 Å². The molecule has 0 unspecified atom stereocenters. The van der Waals surface area contributed by atoms with Gasteiger partial charge in [0.15, 0.2) is 0 Å². The Morgan fingerprint density at radius 3 is 2.66 bits per heavy atom. The molecule has 32 heavy (non-hydrogen) atoms. The molecule has 1 aromatic heterocycles. The van der Waals surface area contributed by atoms with E-state index < -0.39 is 16.1 Å². The fourth-order valence-corrected chi connectivity index (χ4v) is 4.24. The highest BCUT2D eigenvalue weighted by Gasteiger charge is 2.37. The molecule has 0 radical (unpaired) electrons. The van der Waals surface area contributed by atoms with Crippen molar-refractivity contribution in [3.63, 3.8) is 0 Å². The van der Waals surface area contributed by atoms with E-state index in [1.165, 1.54) is 18.2 Å². The molecule has 0 aliphatic carbocycles. The highest BCUT2D eigenvalue weighted by Crippen LogP contribution is 2.34. The van der Waals surface area contributed by atoms with Gasteiger partial charge in [-0.3, -0.25) is 29.4 Å². The normalized spacial score (nSPS) is 18.0. The SMILES string of the molecule is Cc1cc([N+](=O)[O-])ccc1-c1ccc(/C=C2\SC(=O)N(CC(=O)N3CCOCC3)C2=O)o1. The number of furan rings is 1. The number of hydrogen-bond donors (Lipinski definition) is 0. The number of carbonyl (C=O) groups is 3. The molecule has 166 valence electrons. The van der Waals surface area contributed by atoms with Crippen molar-refractivity contribution in [1.29, 1.82) is 0 Å². The summed E-state index contributed by atoms with van der Waals surface area (Å²) in [5.74, 6) is -0.0232. The minimum absolute atomic E-state index is 0.0154. The van der Waals surface area contributed by atoms with Gasteiger partial charge in [-0.15, -0.1) is 0 Å². The third-order valence-corrected chi connectivity index (χ3v) is 6.02. The molecule has 0 N–H and O–H groups in total. The van der Waals surface area contributed by atoms with Gasteiger partial charge in [0, 0.05) is 36.9 Å². The van der Waals surface area contributed by atoms with Crippen molar-refractivity contribution in [1.82, 2.24) is 9.80 Å². The quantitative estimate of drug-likeness (QED) is 0.381. The average molecular weight is 457 g/mol. The van der Waals surface area contributed by atoms with Crippen LogP contribution in [0, 0.1) is 17.0 Å². The number of carbonyl (C=O) groups excluding carboxylic acids is 3. The van der Waals surface area contributed by atoms with Crippen LogP contribution >= 0.6 is 11.8 Å². The molecule has 10 nitrogen and oxygen atoms in total. The summed E-state index contributed by atoms with van der Waals surface area (Å²) in [6.45, 7) is 3.16. The van der Waals surface area contributed by atoms with Crippen LogP contribution in [-0.4, -0.2) is 64.6 Å². The lowest BCUT2D eigenvalue weighted by Gasteiger charge is -2.27. The van der Waals surface area contributed by atoms with E-state index >= 15 is 0 Å². The van der Waals surface area contributed by atoms with E-state index in [1.54, 1.807) is 30.0 Å². The highest BCUT2D eigenvalue weighted by atomic mass is 32.2. The number of aryl methyl sites for hydroxylation is 1. The maximum absolute atomic E-state index is 12.7. The van der Waals surface area contributed by atoms with Gasteiger partial charge >= 0.3 is 0 Å². The van der Waals surface area contributed by atoms with Gasteiger partial charge in [-0.2, -0.15) is 0 Å². The van der Waals surface area contributed by atoms with E-state index in [4.69, 9.17) is 9.15 Å². The van der Waals surface area contributed by atoms with Crippen LogP contribution in [0.3, 0.4) is 0 Å². The van der Waals surface area contributed by atoms with Crippen LogP contribution < -0.4 is 0 Å². The summed E-state index contributed by atoms with van der Waals surface area (Å²) in [6, 6.07) is 7.77. The van der Waals surface area contributed by atoms with Crippen molar-refractivity contribution in [2.75, 3.05) is 32.8 Å². The number of imide groups is 1. The minimum Gasteiger partial charge on any atom is -0.457 e. The summed E-state index contributed by atoms with van der Waals surface area (Å²) in [5.41, 5.74) is 1.33. The zero-order chi connectivity index (χ0) is 22.8. The number of thioether (sulfide) groups is 1. The second kappa shape index (κ2) is 8.97. The van der Waals surface area contributed by atoms with E-state index in [2.05, 4.69) is 0 Å². The summed E-state index contributed by atoms with van der Waals surface area (Å²) in [7, 11) is 0. The number of rotatable bonds is 5. The van der Waals surface area contributed by atoms with Crippen LogP contribution in [0.4, 0.5) is 10.5 Å². The molecule has 11 heteroatoms. The number of morpholine rings is 1. The summed E-state index contributed by atoms with van der Waals surface area (Å²) in [5, 5.41) is 10.4. The molecular weight excluding hydrogens is 438 g/mol. The summed E-state index contributed by atoms with van der Waals surface area (Å²) < 4.78 is 11.0. The highest BCUT2D eigenvalue weighted by molar-refractivity contribution is 8.18. The number of ether oxygens (including phenoxy) is 1. The van der Waals surface area contributed by atoms with Crippen molar-refractivity contribution in [2.24, 2.45) is 0 Å². The van der Waals surface area contributed by atoms with Crippen molar-refractivity contribution in [2.45, 2.75) is 6.92 Å². The monoisotopic (exact) mass is 457 g/mol. The van der Waals surface area contributed by atoms with Gasteiger partial charge in [0.2, 0.25) is 5.91 Å². The van der Waals surface area contributed by atoms with Gasteiger partial charge in [0.25, 0.3) is 16.8 Å². The second-order valence-electron chi connectivity index (χ2n) is 7.22. The standard InChI is InChI=1S/C21H19N3O7S/c1-13-10-14(24(28)29)2-4-16(13)17-5-3-15(31-17)11-18-20(26)23(21(27)32-18)12-19(25)22-6-8-30-9-7-22/h2-5,10-11H,6-9,12H2,1H3/b18-11-. The Hall–Kier alpha value is -3.44. The van der Waals surface area contributed by atoms with Gasteiger partial charge in [0.05, 0.1) is 23.0 Å². The van der Waals surface area contributed by atoms with Crippen LogP contribution in [0.5, 0.6) is 0 Å². The Balaban J connectivity index is 1.48. The first-order chi connectivity index (χ1) is 15.3. The predicted molar refractivity (Wildman–Crippen MR) is 116 cm³/mol. The van der Waals surface area contributed by atoms with Gasteiger partial charge in [0.1, 0.15) is 18.1 Å². The van der Waals surface area contributed by atoms with Crippen LogP contribution in [-0.2, 0) is 14.3 Å². The molecule has 4 rings (SSSR count). The van der Waals surface area contributed by atoms with Gasteiger partial charge in [-0.25, -0.2) is 0 Å². The molecular formula is C21H19N3O7S. The van der Waals surface area contributed by atoms with E-state index in [0.717, 1.165) is 16.7 Å². The molecule has 0 atom stereocenters. The number of nitrogens with zero attached hydrogens (tertiary/aromatic N) is 3. The van der Waals surface area contributed by atoms with Crippen LogP contribution in [0.2, 0.25) is 0 Å². The zero-order valence-electron chi connectivity index (χ0n) is 17.1. The van der Waals surface area contributed by atoms with Gasteiger partial charge in [-0.1, -0.05) is 0 Å². The third kappa shape index (κ3) is 4.43. The lowest BCUT2D eigenvalue weighted by molar-refractivity contribution is -0.384. The van der Waals surface area contributed by atoms with E-state index in [-0.39, 0.29) is 23.0 Å².